The molecule has 7 amide bonds. The maximum atomic E-state index is 12.6. The number of nitrogens with one attached hydrogen (secondary N) is 11. The molecule has 0 fully saturated rings. The number of benzene rings is 4. The van der Waals surface area contributed by atoms with E-state index in [4.69, 9.17) is 19.9 Å². The molecule has 0 aliphatic rings. The number of hydrogen-bond donors (Lipinski definition) is 11. The molecular formula is C109H131N31O8. The van der Waals surface area contributed by atoms with Gasteiger partial charge in [0.15, 0.2) is 45.9 Å². The number of aromatic nitrogens is 24. The molecule has 0 saturated heterocycles. The molecule has 0 saturated carbocycles. The molecule has 16 aromatic heterocycles. The quantitative estimate of drug-likeness (QED) is 0.0300. The lowest BCUT2D eigenvalue weighted by molar-refractivity contribution is -0.119. The van der Waals surface area contributed by atoms with Crippen molar-refractivity contribution in [2.75, 3.05) is 72.3 Å². The number of carbonyl (C=O) groups excluding carboxylic acids is 8. The van der Waals surface area contributed by atoms with E-state index in [1.807, 2.05) is 138 Å². The number of fused-ring (bicyclic) bond motifs is 8. The summed E-state index contributed by atoms with van der Waals surface area (Å²) in [5, 5.41) is 41.0. The number of para-hydroxylation sites is 4. The van der Waals surface area contributed by atoms with Crippen molar-refractivity contribution in [2.24, 2.45) is 11.8 Å². The Balaban J connectivity index is 0.000000236. The minimum Gasteiger partial charge on any atom is -0.345 e. The largest absolute Gasteiger partial charge is 0.345 e. The van der Waals surface area contributed by atoms with Gasteiger partial charge in [0.05, 0.1) is 102 Å². The highest BCUT2D eigenvalue weighted by molar-refractivity contribution is 6.10. The van der Waals surface area contributed by atoms with E-state index in [0.717, 1.165) is 93.8 Å². The molecular weight excluding hydrogens is 1870 g/mol. The fraction of sp³-hybridized carbons (Fsp3) is 0.266. The number of nitrogens with zero attached hydrogens (tertiary/aromatic N) is 20. The molecule has 0 spiro atoms. The Hall–Kier alpha value is -18.2. The number of aromatic amines is 8. The normalized spacial score (nSPS) is 10.6. The zero-order valence-corrected chi connectivity index (χ0v) is 78.2. The molecule has 16 heterocycles. The first-order valence-electron chi connectivity index (χ1n) is 44.4. The molecule has 148 heavy (non-hydrogen) atoms. The third-order valence-corrected chi connectivity index (χ3v) is 22.6. The summed E-state index contributed by atoms with van der Waals surface area (Å²) in [6.45, 7) is 11.3. The average Bonchev–Trinajstić information content (AvgIpc) is 1.63. The van der Waals surface area contributed by atoms with Crippen molar-refractivity contribution in [3.05, 3.63) is 224 Å². The van der Waals surface area contributed by atoms with Gasteiger partial charge in [-0.1, -0.05) is 139 Å². The van der Waals surface area contributed by atoms with Gasteiger partial charge >= 0.3 is 0 Å². The molecule has 20 rings (SSSR count). The number of imidazole rings is 4. The van der Waals surface area contributed by atoms with Gasteiger partial charge in [-0.3, -0.25) is 78.7 Å². The summed E-state index contributed by atoms with van der Waals surface area (Å²) in [7, 11) is 13.7. The summed E-state index contributed by atoms with van der Waals surface area (Å²) in [4.78, 5) is 171. The standard InChI is InChI=1S/C26H26N8O2.C25H24N8O2.C25H23N7O2.C24H22N8O2.9CH4/c1-14(2)8-21(35)29-17-9-15(11-27-13-17)16-10-19-23(32-33-24(19)28-12-16)25-30-20-7-5-6-18(22(20)31-25)26(36)34(3)4;1-13(2)24(34)28-16-8-14(10-26-12-16)15-9-18-21(31-32-22(18)27-11-15)23-29-19-7-5-6-17(20(19)30-23)25(35)33(3)4;1-4-17(33)11-16-9-8-14(12-26-16)15-10-19-22(30-31-23(19)27-13-15)24-28-20-7-5-6-18(21(20)29-24)25(34)32(2)3;1-4-19(33)27-15-8-13(10-25-12-15)14-9-17-21(30-31-22(17)26-11-14)23-28-18-7-5-6-16(20(18)29-23)24(34)32(2)3;;;;;;;;;/h5-7,9-14H,8H2,1-4H3,(H,29,35)(H,30,31)(H,28,32,33);5-13H,1-4H3,(H,28,34)(H,29,30)(H,27,31,32);5-10,12-13H,4,11H2,1-3H3,(H,28,29)(H,27,30,31);5-12H,4H2,1-3H3,(H,27,33)(H,28,29)(H,26,30,31);9*1H4. The Morgan fingerprint density at radius 3 is 0.872 bits per heavy atom. The number of anilines is 3. The lowest BCUT2D eigenvalue weighted by Crippen LogP contribution is -2.21. The summed E-state index contributed by atoms with van der Waals surface area (Å²) in [5.41, 5.74) is 21.5. The van der Waals surface area contributed by atoms with Crippen LogP contribution in [-0.4, -0.2) is 244 Å². The van der Waals surface area contributed by atoms with E-state index in [9.17, 15) is 38.4 Å². The highest BCUT2D eigenvalue weighted by Gasteiger charge is 2.27. The Morgan fingerprint density at radius 1 is 0.318 bits per heavy atom. The third kappa shape index (κ3) is 24.5. The molecule has 0 aliphatic heterocycles. The minimum atomic E-state index is -0.137. The van der Waals surface area contributed by atoms with Crippen LogP contribution in [0.5, 0.6) is 0 Å². The monoisotopic (exact) mass is 2000 g/mol. The molecule has 11 N–H and O–H groups in total. The molecule has 0 radical (unpaired) electrons. The topological polar surface area (TPSA) is 518 Å². The second-order valence-corrected chi connectivity index (χ2v) is 34.4. The van der Waals surface area contributed by atoms with E-state index in [2.05, 4.69) is 117 Å². The van der Waals surface area contributed by atoms with E-state index in [1.165, 1.54) is 19.6 Å². The number of ketones is 1. The maximum absolute atomic E-state index is 12.6. The summed E-state index contributed by atoms with van der Waals surface area (Å²) in [6.07, 6.45) is 20.3. The Bertz CT molecular complexity index is 8150. The third-order valence-electron chi connectivity index (χ3n) is 22.6. The van der Waals surface area contributed by atoms with Crippen LogP contribution in [0.25, 0.3) is 179 Å². The summed E-state index contributed by atoms with van der Waals surface area (Å²) < 4.78 is 0. The average molecular weight is 2000 g/mol. The van der Waals surface area contributed by atoms with Gasteiger partial charge in [-0.15, -0.1) is 0 Å². The smallest absolute Gasteiger partial charge is 0.255 e. The second-order valence-electron chi connectivity index (χ2n) is 34.4. The van der Waals surface area contributed by atoms with E-state index in [1.54, 1.807) is 156 Å². The maximum Gasteiger partial charge on any atom is 0.255 e. The van der Waals surface area contributed by atoms with Crippen LogP contribution in [0.1, 0.15) is 175 Å². The Morgan fingerprint density at radius 2 is 0.601 bits per heavy atom. The van der Waals surface area contributed by atoms with Crippen LogP contribution >= 0.6 is 0 Å². The van der Waals surface area contributed by atoms with E-state index in [-0.39, 0.29) is 126 Å². The van der Waals surface area contributed by atoms with Gasteiger partial charge in [-0.2, -0.15) is 20.4 Å². The van der Waals surface area contributed by atoms with Crippen molar-refractivity contribution in [2.45, 2.75) is 134 Å². The van der Waals surface area contributed by atoms with Crippen LogP contribution in [0, 0.1) is 11.8 Å². The van der Waals surface area contributed by atoms with Gasteiger partial charge in [-0.25, -0.2) is 39.9 Å². The first-order chi connectivity index (χ1) is 67.0. The predicted molar refractivity (Wildman–Crippen MR) is 591 cm³/mol. The van der Waals surface area contributed by atoms with Crippen LogP contribution in [0.3, 0.4) is 0 Å². The van der Waals surface area contributed by atoms with Crippen LogP contribution < -0.4 is 16.0 Å². The fourth-order valence-electron chi connectivity index (χ4n) is 15.4. The second kappa shape index (κ2) is 49.2. The predicted octanol–water partition coefficient (Wildman–Crippen LogP) is 21.2. The first-order valence-corrected chi connectivity index (χ1v) is 44.4. The number of carbonyl (C=O) groups is 8. The van der Waals surface area contributed by atoms with Crippen LogP contribution in [0.2, 0.25) is 0 Å². The summed E-state index contributed by atoms with van der Waals surface area (Å²) in [5.74, 6) is 1.84. The molecule has 4 aromatic carbocycles. The van der Waals surface area contributed by atoms with E-state index in [0.29, 0.717) is 156 Å². The van der Waals surface area contributed by atoms with Crippen molar-refractivity contribution in [3.8, 4) is 90.6 Å². The zero-order chi connectivity index (χ0) is 97.7. The highest BCUT2D eigenvalue weighted by atomic mass is 16.2. The number of H-pyrrole nitrogens is 8. The molecule has 20 aromatic rings. The van der Waals surface area contributed by atoms with Crippen molar-refractivity contribution < 1.29 is 38.4 Å². The lowest BCUT2D eigenvalue weighted by atomic mass is 10.1. The number of amides is 7. The van der Waals surface area contributed by atoms with Crippen LogP contribution in [0.15, 0.2) is 196 Å². The van der Waals surface area contributed by atoms with Crippen molar-refractivity contribution in [1.82, 2.24) is 140 Å². The van der Waals surface area contributed by atoms with Crippen LogP contribution in [-0.2, 0) is 25.6 Å². The molecule has 39 nitrogen and oxygen atoms in total. The van der Waals surface area contributed by atoms with Gasteiger partial charge in [0, 0.05) is 188 Å². The number of pyridine rings is 8. The van der Waals surface area contributed by atoms with Gasteiger partial charge in [0.2, 0.25) is 17.7 Å². The molecule has 770 valence electrons. The Labute approximate surface area is 858 Å². The minimum absolute atomic E-state index is 0. The number of Topliss-reactive ketones (excluding diaryl/α,β-unsaturated/α-hetero) is 1. The summed E-state index contributed by atoms with van der Waals surface area (Å²) in [6, 6.07) is 39.1. The van der Waals surface area contributed by atoms with Gasteiger partial charge in [0.1, 0.15) is 50.6 Å². The van der Waals surface area contributed by atoms with Crippen molar-refractivity contribution in [3.63, 3.8) is 0 Å². The van der Waals surface area contributed by atoms with Crippen molar-refractivity contribution >= 4 is 152 Å². The number of rotatable bonds is 22. The van der Waals surface area contributed by atoms with E-state index >= 15 is 0 Å². The van der Waals surface area contributed by atoms with Gasteiger partial charge in [-0.05, 0) is 103 Å². The summed E-state index contributed by atoms with van der Waals surface area (Å²) >= 11 is 0. The highest BCUT2D eigenvalue weighted by Crippen LogP contribution is 2.38. The SMILES string of the molecule is C.C.C.C.C.C.C.C.C.CC(C)C(=O)Nc1cncc(-c2cnc3n[nH]c(-c4nc5c(C(=O)N(C)C)cccc5[nH]4)c3c2)c1.CC(C)CC(=O)Nc1cncc(-c2cnc3n[nH]c(-c4nc5c(C(=O)N(C)C)cccc5[nH]4)c3c2)c1.CCC(=O)Cc1ccc(-c2cnc3n[nH]c(-c4nc5c(C(=O)N(C)C)cccc5[nH]4)c3c2)cn1.CCC(=O)Nc1cncc(-c2cnc3n[nH]c(-c4nc5c(C(=O)N(C)C)cccc5[nH]4)c3c2)c1. The Kier molecular flexibility index (Phi) is 38.2. The lowest BCUT2D eigenvalue weighted by Gasteiger charge is -2.09. The van der Waals surface area contributed by atoms with Gasteiger partial charge < -0.3 is 55.5 Å². The molecule has 0 atom stereocenters. The molecule has 0 bridgehead atoms. The van der Waals surface area contributed by atoms with Crippen LogP contribution in [0.4, 0.5) is 17.1 Å². The molecule has 39 heteroatoms. The number of hydrogen-bond acceptors (Lipinski definition) is 24. The molecule has 0 aliphatic carbocycles. The van der Waals surface area contributed by atoms with Crippen molar-refractivity contribution in [1.29, 1.82) is 0 Å². The van der Waals surface area contributed by atoms with E-state index < -0.39 is 0 Å². The fourth-order valence-corrected chi connectivity index (χ4v) is 15.4. The first kappa shape index (κ1) is 115. The zero-order valence-electron chi connectivity index (χ0n) is 78.2. The van der Waals surface area contributed by atoms with Gasteiger partial charge in [0.25, 0.3) is 23.6 Å². The molecule has 0 unspecified atom stereocenters.